The van der Waals surface area contributed by atoms with Gasteiger partial charge in [0, 0.05) is 0 Å². The van der Waals surface area contributed by atoms with Crippen molar-refractivity contribution in [1.29, 1.82) is 0 Å². The molecule has 0 fully saturated rings. The van der Waals surface area contributed by atoms with Gasteiger partial charge in [-0.05, 0) is 61.4 Å². The molecule has 9 heteroatoms. The zero-order chi connectivity index (χ0) is 22.5. The molecule has 3 rings (SSSR count). The number of urea groups is 1. The lowest BCUT2D eigenvalue weighted by Crippen LogP contribution is -2.45. The number of amides is 2. The molecule has 2 aromatic carbocycles. The summed E-state index contributed by atoms with van der Waals surface area (Å²) in [5.74, 6) is 0.405. The Kier molecular flexibility index (Phi) is 7.30. The summed E-state index contributed by atoms with van der Waals surface area (Å²) in [6.07, 6.45) is 0. The van der Waals surface area contributed by atoms with Crippen LogP contribution >= 0.6 is 23.2 Å². The average molecular weight is 465 g/mol. The van der Waals surface area contributed by atoms with Crippen LogP contribution in [0.25, 0.3) is 5.70 Å². The molecule has 7 nitrogen and oxygen atoms in total. The molecule has 1 heterocycles. The van der Waals surface area contributed by atoms with E-state index in [1.165, 1.54) is 0 Å². The van der Waals surface area contributed by atoms with Gasteiger partial charge >= 0.3 is 12.0 Å². The predicted molar refractivity (Wildman–Crippen MR) is 119 cm³/mol. The maximum absolute atomic E-state index is 12.9. The highest BCUT2D eigenvalue weighted by atomic mass is 35.5. The van der Waals surface area contributed by atoms with Crippen LogP contribution in [0.2, 0.25) is 10.0 Å². The minimum atomic E-state index is -0.837. The van der Waals surface area contributed by atoms with Gasteiger partial charge in [0.1, 0.15) is 5.75 Å². The second kappa shape index (κ2) is 9.94. The highest BCUT2D eigenvalue weighted by molar-refractivity contribution is 6.37. The van der Waals surface area contributed by atoms with E-state index >= 15 is 0 Å². The van der Waals surface area contributed by atoms with Crippen molar-refractivity contribution in [3.8, 4) is 11.5 Å². The van der Waals surface area contributed by atoms with Crippen molar-refractivity contribution >= 4 is 40.9 Å². The minimum Gasteiger partial charge on any atom is -0.497 e. The fourth-order valence-electron chi connectivity index (χ4n) is 3.26. The molecule has 1 atom stereocenters. The molecule has 2 N–H and O–H groups in total. The van der Waals surface area contributed by atoms with Crippen LogP contribution in [0.15, 0.2) is 42.0 Å². The Morgan fingerprint density at radius 3 is 2.26 bits per heavy atom. The van der Waals surface area contributed by atoms with Crippen molar-refractivity contribution in [2.24, 2.45) is 0 Å². The predicted octanol–water partition coefficient (Wildman–Crippen LogP) is 4.73. The van der Waals surface area contributed by atoms with Crippen molar-refractivity contribution in [2.75, 3.05) is 20.3 Å². The van der Waals surface area contributed by atoms with Crippen molar-refractivity contribution in [1.82, 2.24) is 10.6 Å². The van der Waals surface area contributed by atoms with Gasteiger partial charge in [-0.3, -0.25) is 0 Å². The van der Waals surface area contributed by atoms with Crippen LogP contribution in [0.1, 0.15) is 31.0 Å². The molecule has 0 bridgehead atoms. The molecule has 0 aromatic heterocycles. The van der Waals surface area contributed by atoms with Crippen molar-refractivity contribution in [2.45, 2.75) is 19.9 Å². The summed E-state index contributed by atoms with van der Waals surface area (Å²) < 4.78 is 16.0. The maximum atomic E-state index is 12.9. The van der Waals surface area contributed by atoms with Gasteiger partial charge in [-0.15, -0.1) is 0 Å². The SMILES string of the molecule is CCOC(=O)C1=C(c2ccc(OC)cc2)NC(=O)NC1c1cc(Cl)c(OCC)c(Cl)c1. The fraction of sp³-hybridized carbons (Fsp3) is 0.273. The molecule has 0 aliphatic carbocycles. The van der Waals surface area contributed by atoms with Gasteiger partial charge in [-0.1, -0.05) is 23.2 Å². The monoisotopic (exact) mass is 464 g/mol. The highest BCUT2D eigenvalue weighted by Crippen LogP contribution is 2.39. The quantitative estimate of drug-likeness (QED) is 0.578. The zero-order valence-corrected chi connectivity index (χ0v) is 18.8. The number of ether oxygens (including phenoxy) is 3. The van der Waals surface area contributed by atoms with Gasteiger partial charge in [0.15, 0.2) is 5.75 Å². The van der Waals surface area contributed by atoms with Gasteiger partial charge in [0.05, 0.1) is 47.7 Å². The van der Waals surface area contributed by atoms with Gasteiger partial charge in [-0.2, -0.15) is 0 Å². The van der Waals surface area contributed by atoms with Crippen LogP contribution in [-0.2, 0) is 9.53 Å². The van der Waals surface area contributed by atoms with Gasteiger partial charge in [0.25, 0.3) is 0 Å². The number of esters is 1. The largest absolute Gasteiger partial charge is 0.497 e. The number of hydrogen-bond donors (Lipinski definition) is 2. The fourth-order valence-corrected chi connectivity index (χ4v) is 3.87. The third-order valence-corrected chi connectivity index (χ3v) is 5.15. The summed E-state index contributed by atoms with van der Waals surface area (Å²) in [5.41, 5.74) is 1.69. The third kappa shape index (κ3) is 4.89. The summed E-state index contributed by atoms with van der Waals surface area (Å²) >= 11 is 12.7. The number of rotatable bonds is 7. The summed E-state index contributed by atoms with van der Waals surface area (Å²) in [4.78, 5) is 25.4. The van der Waals surface area contributed by atoms with E-state index < -0.39 is 18.0 Å². The van der Waals surface area contributed by atoms with E-state index in [4.69, 9.17) is 37.4 Å². The number of methoxy groups -OCH3 is 1. The molecule has 0 saturated heterocycles. The maximum Gasteiger partial charge on any atom is 0.338 e. The van der Waals surface area contributed by atoms with E-state index in [1.807, 2.05) is 6.92 Å². The molecule has 164 valence electrons. The first-order valence-electron chi connectivity index (χ1n) is 9.64. The lowest BCUT2D eigenvalue weighted by molar-refractivity contribution is -0.138. The van der Waals surface area contributed by atoms with Crippen LogP contribution in [0, 0.1) is 0 Å². The number of halogens is 2. The standard InChI is InChI=1S/C22H22Cl2N2O5/c1-4-30-20-15(23)10-13(11-16(20)24)19-17(21(27)31-5-2)18(25-22(28)26-19)12-6-8-14(29-3)9-7-12/h6-11,19H,4-5H2,1-3H3,(H2,25,26,28). The highest BCUT2D eigenvalue weighted by Gasteiger charge is 2.35. The number of nitrogens with one attached hydrogen (secondary N) is 2. The van der Waals surface area contributed by atoms with E-state index in [-0.39, 0.29) is 22.2 Å². The smallest absolute Gasteiger partial charge is 0.338 e. The molecule has 0 radical (unpaired) electrons. The molecule has 1 unspecified atom stereocenters. The normalized spacial score (nSPS) is 15.8. The first-order valence-corrected chi connectivity index (χ1v) is 10.4. The topological polar surface area (TPSA) is 85.9 Å². The van der Waals surface area contributed by atoms with Crippen LogP contribution in [-0.4, -0.2) is 32.3 Å². The number of hydrogen-bond acceptors (Lipinski definition) is 5. The third-order valence-electron chi connectivity index (χ3n) is 4.59. The molecular weight excluding hydrogens is 443 g/mol. The van der Waals surface area contributed by atoms with Crippen molar-refractivity contribution in [3.05, 3.63) is 63.1 Å². The molecular formula is C22H22Cl2N2O5. The molecule has 0 saturated carbocycles. The minimum absolute atomic E-state index is 0.170. The molecule has 0 spiro atoms. The second-order valence-corrected chi connectivity index (χ2v) is 7.33. The van der Waals surface area contributed by atoms with Crippen LogP contribution in [0.4, 0.5) is 4.79 Å². The van der Waals surface area contributed by atoms with Gasteiger partial charge in [-0.25, -0.2) is 9.59 Å². The second-order valence-electron chi connectivity index (χ2n) is 6.52. The first kappa shape index (κ1) is 22.8. The number of carbonyl (C=O) groups is 2. The van der Waals surface area contributed by atoms with E-state index in [2.05, 4.69) is 10.6 Å². The first-order chi connectivity index (χ1) is 14.9. The Labute approximate surface area is 190 Å². The van der Waals surface area contributed by atoms with Crippen molar-refractivity contribution < 1.29 is 23.8 Å². The molecule has 2 amide bonds. The van der Waals surface area contributed by atoms with E-state index in [0.29, 0.717) is 34.9 Å². The Bertz CT molecular complexity index is 998. The van der Waals surface area contributed by atoms with Crippen LogP contribution in [0.3, 0.4) is 0 Å². The van der Waals surface area contributed by atoms with Gasteiger partial charge in [0.2, 0.25) is 0 Å². The van der Waals surface area contributed by atoms with Crippen molar-refractivity contribution in [3.63, 3.8) is 0 Å². The molecule has 1 aliphatic rings. The summed E-state index contributed by atoms with van der Waals surface area (Å²) in [7, 11) is 1.56. The van der Waals surface area contributed by atoms with E-state index in [9.17, 15) is 9.59 Å². The summed E-state index contributed by atoms with van der Waals surface area (Å²) in [5, 5.41) is 6.02. The van der Waals surface area contributed by atoms with E-state index in [0.717, 1.165) is 0 Å². The Morgan fingerprint density at radius 2 is 1.71 bits per heavy atom. The summed E-state index contributed by atoms with van der Waals surface area (Å²) in [6, 6.07) is 8.86. The zero-order valence-electron chi connectivity index (χ0n) is 17.3. The average Bonchev–Trinajstić information content (AvgIpc) is 2.75. The molecule has 1 aliphatic heterocycles. The molecule has 2 aromatic rings. The van der Waals surface area contributed by atoms with Crippen LogP contribution < -0.4 is 20.1 Å². The number of carbonyl (C=O) groups excluding carboxylic acids is 2. The Balaban J connectivity index is 2.17. The van der Waals surface area contributed by atoms with Gasteiger partial charge < -0.3 is 24.8 Å². The van der Waals surface area contributed by atoms with Crippen LogP contribution in [0.5, 0.6) is 11.5 Å². The summed E-state index contributed by atoms with van der Waals surface area (Å²) in [6.45, 7) is 4.08. The Hall–Kier alpha value is -2.90. The number of benzene rings is 2. The lowest BCUT2D eigenvalue weighted by atomic mass is 9.92. The van der Waals surface area contributed by atoms with E-state index in [1.54, 1.807) is 50.4 Å². The Morgan fingerprint density at radius 1 is 1.06 bits per heavy atom. The lowest BCUT2D eigenvalue weighted by Gasteiger charge is -2.30. The molecule has 31 heavy (non-hydrogen) atoms.